The molecule has 1 heterocycles. The van der Waals surface area contributed by atoms with E-state index in [1.807, 2.05) is 0 Å². The lowest BCUT2D eigenvalue weighted by Crippen LogP contribution is -2.40. The van der Waals surface area contributed by atoms with Crippen LogP contribution in [0.15, 0.2) is 42.7 Å². The average Bonchev–Trinajstić information content (AvgIpc) is 2.64. The Balaban J connectivity index is 1.46. The van der Waals surface area contributed by atoms with Gasteiger partial charge in [-0.3, -0.25) is 4.79 Å². The quantitative estimate of drug-likeness (QED) is 0.863. The molecule has 8 heteroatoms. The number of nitrogens with one attached hydrogen (secondary N) is 1. The summed E-state index contributed by atoms with van der Waals surface area (Å²) in [6.45, 7) is 0. The van der Waals surface area contributed by atoms with E-state index < -0.39 is 11.7 Å². The van der Waals surface area contributed by atoms with Crippen molar-refractivity contribution in [2.75, 3.05) is 0 Å². The smallest absolute Gasteiger partial charge is 0.416 e. The minimum atomic E-state index is -4.41. The van der Waals surface area contributed by atoms with Gasteiger partial charge in [-0.2, -0.15) is 13.2 Å². The van der Waals surface area contributed by atoms with E-state index >= 15 is 0 Å². The number of nitrogens with zero attached hydrogens (tertiary/aromatic N) is 2. The fraction of sp³-hybridized carbons (Fsp3) is 0.421. The molecule has 0 unspecified atom stereocenters. The molecule has 144 valence electrons. The van der Waals surface area contributed by atoms with Gasteiger partial charge in [0, 0.05) is 18.4 Å². The number of hydrogen-bond donors (Lipinski definition) is 1. The van der Waals surface area contributed by atoms with E-state index in [-0.39, 0.29) is 24.5 Å². The minimum Gasteiger partial charge on any atom is -0.460 e. The predicted molar refractivity (Wildman–Crippen MR) is 92.0 cm³/mol. The molecule has 0 spiro atoms. The van der Waals surface area contributed by atoms with Gasteiger partial charge in [0.1, 0.15) is 6.10 Å². The number of aromatic nitrogens is 2. The maximum atomic E-state index is 12.7. The molecule has 1 amide bonds. The molecule has 2 aromatic rings. The SMILES string of the molecule is O=C(Cc1cccc(C(F)(F)F)c1)NC1CCC(Oc2ncccn2)CC1. The zero-order valence-corrected chi connectivity index (χ0v) is 14.6. The van der Waals surface area contributed by atoms with Crippen molar-refractivity contribution in [2.24, 2.45) is 0 Å². The zero-order valence-electron chi connectivity index (χ0n) is 14.6. The highest BCUT2D eigenvalue weighted by molar-refractivity contribution is 5.78. The van der Waals surface area contributed by atoms with Gasteiger partial charge in [-0.05, 0) is 43.4 Å². The van der Waals surface area contributed by atoms with Crippen LogP contribution in [0.5, 0.6) is 6.01 Å². The van der Waals surface area contributed by atoms with Crippen LogP contribution in [0.4, 0.5) is 13.2 Å². The standard InChI is InChI=1S/C19H20F3N3O2/c20-19(21,22)14-4-1-3-13(11-14)12-17(26)25-15-5-7-16(8-6-15)27-18-23-9-2-10-24-18/h1-4,9-11,15-16H,5-8,12H2,(H,25,26). The van der Waals surface area contributed by atoms with E-state index in [0.717, 1.165) is 37.8 Å². The van der Waals surface area contributed by atoms with Crippen LogP contribution in [0, 0.1) is 0 Å². The van der Waals surface area contributed by atoms with Crippen LogP contribution >= 0.6 is 0 Å². The van der Waals surface area contributed by atoms with Crippen molar-refractivity contribution in [1.29, 1.82) is 0 Å². The number of hydrogen-bond acceptors (Lipinski definition) is 4. The fourth-order valence-electron chi connectivity index (χ4n) is 3.14. The van der Waals surface area contributed by atoms with Gasteiger partial charge >= 0.3 is 12.2 Å². The summed E-state index contributed by atoms with van der Waals surface area (Å²) in [4.78, 5) is 20.2. The number of rotatable bonds is 5. The van der Waals surface area contributed by atoms with Crippen molar-refractivity contribution in [3.05, 3.63) is 53.9 Å². The molecular weight excluding hydrogens is 359 g/mol. The van der Waals surface area contributed by atoms with Crippen molar-refractivity contribution in [2.45, 2.75) is 50.4 Å². The summed E-state index contributed by atoms with van der Waals surface area (Å²) in [5, 5.41) is 2.90. The van der Waals surface area contributed by atoms with E-state index in [1.54, 1.807) is 18.5 Å². The zero-order chi connectivity index (χ0) is 19.3. The molecule has 1 saturated carbocycles. The average molecular weight is 379 g/mol. The third kappa shape index (κ3) is 5.67. The lowest BCUT2D eigenvalue weighted by atomic mass is 9.92. The van der Waals surface area contributed by atoms with Crippen molar-refractivity contribution in [3.63, 3.8) is 0 Å². The van der Waals surface area contributed by atoms with E-state index in [9.17, 15) is 18.0 Å². The molecule has 0 radical (unpaired) electrons. The largest absolute Gasteiger partial charge is 0.460 e. The molecule has 1 aliphatic carbocycles. The summed E-state index contributed by atoms with van der Waals surface area (Å²) < 4.78 is 44.0. The Morgan fingerprint density at radius 1 is 1.11 bits per heavy atom. The maximum absolute atomic E-state index is 12.7. The Morgan fingerprint density at radius 2 is 1.81 bits per heavy atom. The molecule has 1 aromatic heterocycles. The Morgan fingerprint density at radius 3 is 2.48 bits per heavy atom. The maximum Gasteiger partial charge on any atom is 0.416 e. The summed E-state index contributed by atoms with van der Waals surface area (Å²) in [5.41, 5.74) is -0.394. The van der Waals surface area contributed by atoms with Crippen LogP contribution in [0.3, 0.4) is 0 Å². The molecule has 27 heavy (non-hydrogen) atoms. The number of benzene rings is 1. The molecule has 0 bridgehead atoms. The number of carbonyl (C=O) groups excluding carboxylic acids is 1. The molecule has 0 saturated heterocycles. The van der Waals surface area contributed by atoms with Crippen molar-refractivity contribution < 1.29 is 22.7 Å². The van der Waals surface area contributed by atoms with Gasteiger partial charge in [0.15, 0.2) is 0 Å². The third-order valence-corrected chi connectivity index (χ3v) is 4.47. The van der Waals surface area contributed by atoms with E-state index in [4.69, 9.17) is 4.74 Å². The Kier molecular flexibility index (Phi) is 5.93. The first-order chi connectivity index (χ1) is 12.9. The van der Waals surface area contributed by atoms with Gasteiger partial charge in [-0.25, -0.2) is 9.97 Å². The van der Waals surface area contributed by atoms with Crippen molar-refractivity contribution in [1.82, 2.24) is 15.3 Å². The number of halogens is 3. The Hall–Kier alpha value is -2.64. The van der Waals surface area contributed by atoms with Crippen LogP contribution < -0.4 is 10.1 Å². The molecule has 1 aliphatic rings. The summed E-state index contributed by atoms with van der Waals surface area (Å²) in [6, 6.07) is 6.92. The lowest BCUT2D eigenvalue weighted by Gasteiger charge is -2.28. The van der Waals surface area contributed by atoms with Crippen LogP contribution in [0.1, 0.15) is 36.8 Å². The van der Waals surface area contributed by atoms with E-state index in [1.165, 1.54) is 12.1 Å². The summed E-state index contributed by atoms with van der Waals surface area (Å²) in [7, 11) is 0. The molecule has 5 nitrogen and oxygen atoms in total. The van der Waals surface area contributed by atoms with Gasteiger partial charge < -0.3 is 10.1 Å². The number of alkyl halides is 3. The number of amides is 1. The predicted octanol–water partition coefficient (Wildman–Crippen LogP) is 3.54. The number of ether oxygens (including phenoxy) is 1. The monoisotopic (exact) mass is 379 g/mol. The second-order valence-electron chi connectivity index (χ2n) is 6.57. The Labute approximate surface area is 155 Å². The van der Waals surface area contributed by atoms with Crippen LogP contribution in [0.2, 0.25) is 0 Å². The molecule has 1 N–H and O–H groups in total. The third-order valence-electron chi connectivity index (χ3n) is 4.47. The summed E-state index contributed by atoms with van der Waals surface area (Å²) >= 11 is 0. The highest BCUT2D eigenvalue weighted by atomic mass is 19.4. The topological polar surface area (TPSA) is 64.1 Å². The normalized spacial score (nSPS) is 20.1. The van der Waals surface area contributed by atoms with Crippen LogP contribution in [-0.4, -0.2) is 28.0 Å². The van der Waals surface area contributed by atoms with E-state index in [0.29, 0.717) is 11.6 Å². The fourth-order valence-corrected chi connectivity index (χ4v) is 3.14. The second kappa shape index (κ2) is 8.37. The van der Waals surface area contributed by atoms with Crippen LogP contribution in [0.25, 0.3) is 0 Å². The molecule has 1 fully saturated rings. The highest BCUT2D eigenvalue weighted by Gasteiger charge is 2.30. The van der Waals surface area contributed by atoms with Crippen molar-refractivity contribution in [3.8, 4) is 6.01 Å². The molecular formula is C19H20F3N3O2. The molecule has 0 atom stereocenters. The van der Waals surface area contributed by atoms with Gasteiger partial charge in [0.05, 0.1) is 12.0 Å². The molecule has 0 aliphatic heterocycles. The first-order valence-corrected chi connectivity index (χ1v) is 8.79. The second-order valence-corrected chi connectivity index (χ2v) is 6.57. The highest BCUT2D eigenvalue weighted by Crippen LogP contribution is 2.29. The van der Waals surface area contributed by atoms with Crippen LogP contribution in [-0.2, 0) is 17.4 Å². The number of carbonyl (C=O) groups is 1. The minimum absolute atomic E-state index is 0.000148. The van der Waals surface area contributed by atoms with E-state index in [2.05, 4.69) is 15.3 Å². The van der Waals surface area contributed by atoms with Crippen molar-refractivity contribution >= 4 is 5.91 Å². The van der Waals surface area contributed by atoms with Gasteiger partial charge in [0.2, 0.25) is 5.91 Å². The molecule has 3 rings (SSSR count). The first kappa shape index (κ1) is 19.1. The van der Waals surface area contributed by atoms with Gasteiger partial charge in [-0.1, -0.05) is 18.2 Å². The Bertz CT molecular complexity index is 760. The molecule has 1 aromatic carbocycles. The van der Waals surface area contributed by atoms with Gasteiger partial charge in [0.25, 0.3) is 0 Å². The van der Waals surface area contributed by atoms with Gasteiger partial charge in [-0.15, -0.1) is 0 Å². The summed E-state index contributed by atoms with van der Waals surface area (Å²) in [5.74, 6) is -0.273. The first-order valence-electron chi connectivity index (χ1n) is 8.79. The summed E-state index contributed by atoms with van der Waals surface area (Å²) in [6.07, 6.45) is 1.75. The lowest BCUT2D eigenvalue weighted by molar-refractivity contribution is -0.137.